The smallest absolute Gasteiger partial charge is 0.165 e. The molecule has 0 radical (unpaired) electrons. The summed E-state index contributed by atoms with van der Waals surface area (Å²) in [5, 5.41) is 14.7. The molecule has 13 heavy (non-hydrogen) atoms. The first-order valence-electron chi connectivity index (χ1n) is 4.10. The summed E-state index contributed by atoms with van der Waals surface area (Å²) in [6, 6.07) is 1.83. The number of aromatic nitrogens is 2. The summed E-state index contributed by atoms with van der Waals surface area (Å²) >= 11 is 0. The first-order valence-corrected chi connectivity index (χ1v) is 4.10. The number of hydrogen-bond acceptors (Lipinski definition) is 3. The van der Waals surface area contributed by atoms with Crippen LogP contribution in [0.3, 0.4) is 0 Å². The van der Waals surface area contributed by atoms with Gasteiger partial charge in [0.25, 0.3) is 0 Å². The summed E-state index contributed by atoms with van der Waals surface area (Å²) in [4.78, 5) is 0. The highest BCUT2D eigenvalue weighted by Gasteiger charge is 2.15. The normalized spacial score (nSPS) is 21.8. The predicted molar refractivity (Wildman–Crippen MR) is 47.8 cm³/mol. The molecule has 1 aromatic heterocycles. The van der Waals surface area contributed by atoms with Gasteiger partial charge in [-0.1, -0.05) is 0 Å². The molecule has 68 valence electrons. The Morgan fingerprint density at radius 2 is 2.38 bits per heavy atom. The molecule has 0 aliphatic carbocycles. The molecule has 0 saturated carbocycles. The minimum Gasteiger partial charge on any atom is -0.287 e. The van der Waals surface area contributed by atoms with Crippen molar-refractivity contribution in [3.63, 3.8) is 0 Å². The number of hydrogen-bond donors (Lipinski definition) is 1. The van der Waals surface area contributed by atoms with Gasteiger partial charge in [-0.15, -0.1) is 0 Å². The molecular weight excluding hydrogens is 166 g/mol. The summed E-state index contributed by atoms with van der Waals surface area (Å²) in [6.45, 7) is 1.99. The van der Waals surface area contributed by atoms with E-state index in [9.17, 15) is 5.21 Å². The molecule has 0 aromatic carbocycles. The van der Waals surface area contributed by atoms with Gasteiger partial charge >= 0.3 is 0 Å². The number of nitrogens with zero attached hydrogens (tertiary/aromatic N) is 3. The third-order valence-corrected chi connectivity index (χ3v) is 1.97. The van der Waals surface area contributed by atoms with Crippen LogP contribution in [0.1, 0.15) is 13.1 Å². The van der Waals surface area contributed by atoms with E-state index in [1.807, 2.05) is 31.3 Å². The van der Waals surface area contributed by atoms with Crippen LogP contribution >= 0.6 is 0 Å². The van der Waals surface area contributed by atoms with Crippen LogP contribution < -0.4 is 0 Å². The zero-order valence-corrected chi connectivity index (χ0v) is 7.33. The molecule has 0 spiro atoms. The maximum absolute atomic E-state index is 9.50. The topological polar surface area (TPSA) is 41.3 Å². The van der Waals surface area contributed by atoms with Crippen molar-refractivity contribution >= 4 is 0 Å². The van der Waals surface area contributed by atoms with Gasteiger partial charge in [0.2, 0.25) is 0 Å². The van der Waals surface area contributed by atoms with Gasteiger partial charge in [-0.05, 0) is 30.7 Å². The van der Waals surface area contributed by atoms with Crippen molar-refractivity contribution in [1.82, 2.24) is 14.8 Å². The first-order chi connectivity index (χ1) is 6.27. The Morgan fingerprint density at radius 3 is 3.08 bits per heavy atom. The van der Waals surface area contributed by atoms with Crippen LogP contribution in [0.2, 0.25) is 0 Å². The Hall–Kier alpha value is -1.55. The Balaban J connectivity index is 2.29. The first kappa shape index (κ1) is 8.07. The van der Waals surface area contributed by atoms with Gasteiger partial charge < -0.3 is 0 Å². The Labute approximate surface area is 76.4 Å². The maximum Gasteiger partial charge on any atom is 0.165 e. The summed E-state index contributed by atoms with van der Waals surface area (Å²) in [6.07, 6.45) is 8.70. The van der Waals surface area contributed by atoms with Crippen LogP contribution in [-0.4, -0.2) is 20.1 Å². The van der Waals surface area contributed by atoms with E-state index in [2.05, 4.69) is 5.10 Å². The highest BCUT2D eigenvalue weighted by molar-refractivity contribution is 5.20. The summed E-state index contributed by atoms with van der Waals surface area (Å²) < 4.78 is 1.69. The Morgan fingerprint density at radius 1 is 1.54 bits per heavy atom. The van der Waals surface area contributed by atoms with E-state index in [4.69, 9.17) is 0 Å². The standard InChI is InChI=1S/C9H11N3O/c1-8-3-6-12(13)9(7-8)11-5-2-4-10-11/h2-7,9,13H,1H3. The molecule has 0 amide bonds. The lowest BCUT2D eigenvalue weighted by Crippen LogP contribution is -2.26. The lowest BCUT2D eigenvalue weighted by molar-refractivity contribution is -0.0928. The Bertz CT molecular complexity index is 340. The molecule has 1 aromatic rings. The van der Waals surface area contributed by atoms with Crippen molar-refractivity contribution in [2.24, 2.45) is 0 Å². The van der Waals surface area contributed by atoms with E-state index in [0.717, 1.165) is 10.6 Å². The third-order valence-electron chi connectivity index (χ3n) is 1.97. The average molecular weight is 177 g/mol. The molecule has 0 bridgehead atoms. The molecule has 1 aliphatic heterocycles. The van der Waals surface area contributed by atoms with Crippen molar-refractivity contribution in [1.29, 1.82) is 0 Å². The predicted octanol–water partition coefficient (Wildman–Crippen LogP) is 1.55. The number of rotatable bonds is 1. The molecule has 2 rings (SSSR count). The van der Waals surface area contributed by atoms with Gasteiger partial charge in [0.15, 0.2) is 6.17 Å². The molecule has 1 aliphatic rings. The Kier molecular flexibility index (Phi) is 1.90. The average Bonchev–Trinajstić information content (AvgIpc) is 2.61. The number of hydroxylamine groups is 2. The molecule has 2 heterocycles. The van der Waals surface area contributed by atoms with E-state index in [0.29, 0.717) is 0 Å². The van der Waals surface area contributed by atoms with E-state index in [-0.39, 0.29) is 6.17 Å². The lowest BCUT2D eigenvalue weighted by atomic mass is 10.2. The highest BCUT2D eigenvalue weighted by Crippen LogP contribution is 2.19. The molecule has 0 saturated heterocycles. The molecular formula is C9H11N3O. The quantitative estimate of drug-likeness (QED) is 0.707. The summed E-state index contributed by atoms with van der Waals surface area (Å²) in [5.41, 5.74) is 1.12. The maximum atomic E-state index is 9.50. The lowest BCUT2D eigenvalue weighted by Gasteiger charge is -2.25. The summed E-state index contributed by atoms with van der Waals surface area (Å²) in [7, 11) is 0. The van der Waals surface area contributed by atoms with E-state index in [1.165, 1.54) is 0 Å². The van der Waals surface area contributed by atoms with Crippen LogP contribution in [0.25, 0.3) is 0 Å². The van der Waals surface area contributed by atoms with E-state index < -0.39 is 0 Å². The molecule has 1 N–H and O–H groups in total. The molecule has 1 atom stereocenters. The molecule has 1 unspecified atom stereocenters. The monoisotopic (exact) mass is 177 g/mol. The van der Waals surface area contributed by atoms with Crippen LogP contribution in [0.15, 0.2) is 42.4 Å². The van der Waals surface area contributed by atoms with Gasteiger partial charge in [0.05, 0.1) is 0 Å². The van der Waals surface area contributed by atoms with Crippen LogP contribution in [0.4, 0.5) is 0 Å². The van der Waals surface area contributed by atoms with E-state index >= 15 is 0 Å². The SMILES string of the molecule is CC1=CC(n2cccn2)N(O)C=C1. The highest BCUT2D eigenvalue weighted by atomic mass is 16.5. The van der Waals surface area contributed by atoms with Crippen LogP contribution in [0, 0.1) is 0 Å². The zero-order chi connectivity index (χ0) is 9.26. The second-order valence-corrected chi connectivity index (χ2v) is 3.01. The second-order valence-electron chi connectivity index (χ2n) is 3.01. The van der Waals surface area contributed by atoms with Gasteiger partial charge in [-0.2, -0.15) is 5.10 Å². The fraction of sp³-hybridized carbons (Fsp3) is 0.222. The minimum absolute atomic E-state index is 0.222. The zero-order valence-electron chi connectivity index (χ0n) is 7.33. The van der Waals surface area contributed by atoms with Crippen LogP contribution in [-0.2, 0) is 0 Å². The summed E-state index contributed by atoms with van der Waals surface area (Å²) in [5.74, 6) is 0. The van der Waals surface area contributed by atoms with Crippen molar-refractivity contribution < 1.29 is 5.21 Å². The van der Waals surface area contributed by atoms with Crippen LogP contribution in [0.5, 0.6) is 0 Å². The van der Waals surface area contributed by atoms with Crippen molar-refractivity contribution in [2.45, 2.75) is 13.1 Å². The number of allylic oxidation sites excluding steroid dienone is 2. The van der Waals surface area contributed by atoms with Crippen molar-refractivity contribution in [2.75, 3.05) is 0 Å². The largest absolute Gasteiger partial charge is 0.287 e. The van der Waals surface area contributed by atoms with Crippen molar-refractivity contribution in [3.8, 4) is 0 Å². The van der Waals surface area contributed by atoms with Gasteiger partial charge in [-0.3, -0.25) is 5.21 Å². The fourth-order valence-electron chi connectivity index (χ4n) is 1.28. The van der Waals surface area contributed by atoms with Gasteiger partial charge in [0.1, 0.15) is 0 Å². The fourth-order valence-corrected chi connectivity index (χ4v) is 1.28. The molecule has 4 heteroatoms. The second kappa shape index (κ2) is 3.06. The van der Waals surface area contributed by atoms with Crippen molar-refractivity contribution in [3.05, 3.63) is 42.4 Å². The molecule has 0 fully saturated rings. The van der Waals surface area contributed by atoms with Gasteiger partial charge in [0, 0.05) is 18.6 Å². The third kappa shape index (κ3) is 1.48. The van der Waals surface area contributed by atoms with Gasteiger partial charge in [-0.25, -0.2) is 9.75 Å². The minimum atomic E-state index is -0.222. The van der Waals surface area contributed by atoms with E-state index in [1.54, 1.807) is 17.1 Å². The molecule has 4 nitrogen and oxygen atoms in total.